The Morgan fingerprint density at radius 3 is 1.93 bits per heavy atom. The van der Waals surface area contributed by atoms with Gasteiger partial charge < -0.3 is 0 Å². The molecule has 3 rings (SSSR count). The smallest absolute Gasteiger partial charge is 0.240 e. The third kappa shape index (κ3) is 11.8. The lowest BCUT2D eigenvalue weighted by atomic mass is 10.0. The first-order valence-electron chi connectivity index (χ1n) is 15.4. The van der Waals surface area contributed by atoms with Gasteiger partial charge in [-0.1, -0.05) is 115 Å². The van der Waals surface area contributed by atoms with Crippen LogP contribution in [0.1, 0.15) is 115 Å². The van der Waals surface area contributed by atoms with Gasteiger partial charge in [-0.05, 0) is 42.8 Å². The number of carbonyl (C=O) groups excluding carboxylic acids is 1. The van der Waals surface area contributed by atoms with Gasteiger partial charge in [0.1, 0.15) is 11.5 Å². The van der Waals surface area contributed by atoms with Gasteiger partial charge in [0.25, 0.3) is 0 Å². The van der Waals surface area contributed by atoms with Crippen molar-refractivity contribution >= 4 is 12.1 Å². The predicted molar refractivity (Wildman–Crippen MR) is 164 cm³/mol. The maximum absolute atomic E-state index is 13.5. The van der Waals surface area contributed by atoms with Crippen molar-refractivity contribution in [3.05, 3.63) is 72.2 Å². The van der Waals surface area contributed by atoms with Crippen LogP contribution in [-0.2, 0) is 4.79 Å². The SMILES string of the molecule is CCCCCCCCCCCCCCCCCC(=O)N/N=C\c1cn(-c2ccccc2)nc1-c1ccc(F)cc1. The average Bonchev–Trinajstić information content (AvgIpc) is 3.40. The van der Waals surface area contributed by atoms with E-state index >= 15 is 0 Å². The molecule has 0 spiro atoms. The fraction of sp³-hybridized carbons (Fsp3) is 0.500. The molecule has 0 fully saturated rings. The summed E-state index contributed by atoms with van der Waals surface area (Å²) in [5, 5.41) is 8.88. The number of hydrogen-bond donors (Lipinski definition) is 1. The van der Waals surface area contributed by atoms with Crippen molar-refractivity contribution < 1.29 is 9.18 Å². The van der Waals surface area contributed by atoms with E-state index < -0.39 is 0 Å². The van der Waals surface area contributed by atoms with Crippen molar-refractivity contribution in [1.82, 2.24) is 15.2 Å². The van der Waals surface area contributed by atoms with Gasteiger partial charge in [-0.15, -0.1) is 0 Å². The number of benzene rings is 2. The molecule has 2 aromatic carbocycles. The number of amides is 1. The molecule has 0 aliphatic heterocycles. The summed E-state index contributed by atoms with van der Waals surface area (Å²) in [7, 11) is 0. The fourth-order valence-corrected chi connectivity index (χ4v) is 4.91. The molecule has 1 heterocycles. The Morgan fingerprint density at radius 2 is 1.35 bits per heavy atom. The number of halogens is 1. The van der Waals surface area contributed by atoms with Gasteiger partial charge in [-0.3, -0.25) is 4.79 Å². The van der Waals surface area contributed by atoms with E-state index in [1.165, 1.54) is 95.6 Å². The van der Waals surface area contributed by atoms with Crippen LogP contribution in [0, 0.1) is 5.82 Å². The number of nitrogens with zero attached hydrogens (tertiary/aromatic N) is 3. The van der Waals surface area contributed by atoms with Crippen LogP contribution in [0.25, 0.3) is 16.9 Å². The van der Waals surface area contributed by atoms with E-state index in [1.54, 1.807) is 23.0 Å². The Kier molecular flexibility index (Phi) is 14.8. The molecule has 1 aromatic heterocycles. The van der Waals surface area contributed by atoms with Gasteiger partial charge in [0.2, 0.25) is 5.91 Å². The average molecular weight is 547 g/mol. The quantitative estimate of drug-likeness (QED) is 0.0872. The second kappa shape index (κ2) is 18.9. The van der Waals surface area contributed by atoms with Crippen molar-refractivity contribution in [2.45, 2.75) is 110 Å². The molecule has 1 amide bonds. The van der Waals surface area contributed by atoms with Crippen molar-refractivity contribution in [3.63, 3.8) is 0 Å². The maximum Gasteiger partial charge on any atom is 0.240 e. The summed E-state index contributed by atoms with van der Waals surface area (Å²) in [6, 6.07) is 16.0. The third-order valence-electron chi connectivity index (χ3n) is 7.28. The minimum atomic E-state index is -0.299. The minimum absolute atomic E-state index is 0.0790. The molecule has 1 N–H and O–H groups in total. The molecule has 0 aliphatic rings. The molecular formula is C34H47FN4O. The van der Waals surface area contributed by atoms with Crippen molar-refractivity contribution in [1.29, 1.82) is 0 Å². The molecule has 0 saturated carbocycles. The molecule has 6 heteroatoms. The zero-order valence-electron chi connectivity index (χ0n) is 24.3. The summed E-state index contributed by atoms with van der Waals surface area (Å²) in [5.41, 5.74) is 5.74. The lowest BCUT2D eigenvalue weighted by molar-refractivity contribution is -0.121. The highest BCUT2D eigenvalue weighted by Gasteiger charge is 2.11. The predicted octanol–water partition coefficient (Wildman–Crippen LogP) is 9.39. The summed E-state index contributed by atoms with van der Waals surface area (Å²) in [5.74, 6) is -0.378. The van der Waals surface area contributed by atoms with Crippen molar-refractivity contribution in [2.24, 2.45) is 5.10 Å². The van der Waals surface area contributed by atoms with Gasteiger partial charge in [-0.25, -0.2) is 14.5 Å². The molecule has 0 radical (unpaired) electrons. The monoisotopic (exact) mass is 546 g/mol. The molecule has 0 aliphatic carbocycles. The Morgan fingerprint density at radius 1 is 0.800 bits per heavy atom. The summed E-state index contributed by atoms with van der Waals surface area (Å²) in [6.45, 7) is 2.27. The number of para-hydroxylation sites is 1. The Balaban J connectivity index is 1.31. The second-order valence-corrected chi connectivity index (χ2v) is 10.7. The lowest BCUT2D eigenvalue weighted by Gasteiger charge is -2.03. The van der Waals surface area contributed by atoms with Crippen LogP contribution in [0.2, 0.25) is 0 Å². The van der Waals surface area contributed by atoms with Crippen molar-refractivity contribution in [2.75, 3.05) is 0 Å². The number of nitrogens with one attached hydrogen (secondary N) is 1. The van der Waals surface area contributed by atoms with E-state index in [9.17, 15) is 9.18 Å². The lowest BCUT2D eigenvalue weighted by Crippen LogP contribution is -2.16. The molecule has 5 nitrogen and oxygen atoms in total. The van der Waals surface area contributed by atoms with Crippen LogP contribution in [0.4, 0.5) is 4.39 Å². The number of hydrogen-bond acceptors (Lipinski definition) is 3. The molecule has 0 bridgehead atoms. The maximum atomic E-state index is 13.5. The van der Waals surface area contributed by atoms with Gasteiger partial charge in [-0.2, -0.15) is 10.2 Å². The van der Waals surface area contributed by atoms with Crippen LogP contribution in [-0.4, -0.2) is 21.9 Å². The number of aromatic nitrogens is 2. The first kappa shape index (κ1) is 31.3. The van der Waals surface area contributed by atoms with E-state index in [4.69, 9.17) is 5.10 Å². The number of carbonyl (C=O) groups is 1. The normalized spacial score (nSPS) is 11.3. The van der Waals surface area contributed by atoms with Gasteiger partial charge in [0.05, 0.1) is 11.9 Å². The minimum Gasteiger partial charge on any atom is -0.273 e. The largest absolute Gasteiger partial charge is 0.273 e. The van der Waals surface area contributed by atoms with E-state index in [1.807, 2.05) is 36.5 Å². The molecule has 3 aromatic rings. The van der Waals surface area contributed by atoms with Crippen LogP contribution in [0.5, 0.6) is 0 Å². The molecule has 0 saturated heterocycles. The number of unbranched alkanes of at least 4 members (excludes halogenated alkanes) is 14. The van der Waals surface area contributed by atoms with E-state index in [2.05, 4.69) is 17.5 Å². The van der Waals surface area contributed by atoms with Gasteiger partial charge in [0.15, 0.2) is 0 Å². The van der Waals surface area contributed by atoms with E-state index in [0.717, 1.165) is 29.7 Å². The second-order valence-electron chi connectivity index (χ2n) is 10.7. The molecular weight excluding hydrogens is 499 g/mol. The number of rotatable bonds is 20. The van der Waals surface area contributed by atoms with E-state index in [0.29, 0.717) is 12.1 Å². The van der Waals surface area contributed by atoms with Crippen LogP contribution >= 0.6 is 0 Å². The first-order valence-corrected chi connectivity index (χ1v) is 15.4. The number of hydrazone groups is 1. The highest BCUT2D eigenvalue weighted by molar-refractivity contribution is 5.89. The molecule has 0 atom stereocenters. The van der Waals surface area contributed by atoms with Gasteiger partial charge in [0, 0.05) is 23.7 Å². The fourth-order valence-electron chi connectivity index (χ4n) is 4.91. The van der Waals surface area contributed by atoms with Gasteiger partial charge >= 0.3 is 0 Å². The highest BCUT2D eigenvalue weighted by atomic mass is 19.1. The summed E-state index contributed by atoms with van der Waals surface area (Å²) in [6.07, 6.45) is 23.5. The third-order valence-corrected chi connectivity index (χ3v) is 7.28. The summed E-state index contributed by atoms with van der Waals surface area (Å²) in [4.78, 5) is 12.3. The zero-order chi connectivity index (χ0) is 28.3. The summed E-state index contributed by atoms with van der Waals surface area (Å²) >= 11 is 0. The Hall–Kier alpha value is -3.28. The Labute approximate surface area is 240 Å². The Bertz CT molecular complexity index is 1120. The molecule has 40 heavy (non-hydrogen) atoms. The standard InChI is InChI=1S/C34H47FN4O/c1-2-3-4-5-6-7-8-9-10-11-12-13-14-15-19-22-33(40)37-36-27-30-28-39(32-20-17-16-18-21-32)38-34(30)29-23-25-31(35)26-24-29/h16-18,20-21,23-28H,2-15,19,22H2,1H3,(H,37,40)/b36-27-. The van der Waals surface area contributed by atoms with Crippen LogP contribution in [0.3, 0.4) is 0 Å². The molecule has 216 valence electrons. The van der Waals surface area contributed by atoms with Crippen LogP contribution in [0.15, 0.2) is 65.9 Å². The first-order chi connectivity index (χ1) is 19.7. The van der Waals surface area contributed by atoms with E-state index in [-0.39, 0.29) is 11.7 Å². The van der Waals surface area contributed by atoms with Crippen molar-refractivity contribution in [3.8, 4) is 16.9 Å². The highest BCUT2D eigenvalue weighted by Crippen LogP contribution is 2.23. The summed E-state index contributed by atoms with van der Waals surface area (Å²) < 4.78 is 15.2. The van der Waals surface area contributed by atoms with Crippen LogP contribution < -0.4 is 5.43 Å². The molecule has 0 unspecified atom stereocenters. The zero-order valence-corrected chi connectivity index (χ0v) is 24.3. The topological polar surface area (TPSA) is 59.3 Å².